The zero-order chi connectivity index (χ0) is 14.5. The molecule has 2 aromatic rings. The number of nitrogens with one attached hydrogen (secondary N) is 1. The van der Waals surface area contributed by atoms with Gasteiger partial charge in [-0.1, -0.05) is 31.3 Å². The van der Waals surface area contributed by atoms with Crippen LogP contribution in [-0.4, -0.2) is 16.1 Å². The largest absolute Gasteiger partial charge is 0.296 e. The molecular formula is C14H16IN3OS. The van der Waals surface area contributed by atoms with Gasteiger partial charge in [0.2, 0.25) is 5.13 Å². The van der Waals surface area contributed by atoms with Crippen molar-refractivity contribution in [2.75, 3.05) is 5.32 Å². The van der Waals surface area contributed by atoms with E-state index in [2.05, 4.69) is 52.0 Å². The Morgan fingerprint density at radius 3 is 2.75 bits per heavy atom. The first-order valence-corrected chi connectivity index (χ1v) is 8.43. The van der Waals surface area contributed by atoms with Crippen LogP contribution in [0.15, 0.2) is 24.3 Å². The van der Waals surface area contributed by atoms with E-state index in [-0.39, 0.29) is 5.91 Å². The summed E-state index contributed by atoms with van der Waals surface area (Å²) < 4.78 is 1.03. The molecule has 0 aliphatic rings. The Balaban J connectivity index is 2.09. The van der Waals surface area contributed by atoms with E-state index in [9.17, 15) is 4.79 Å². The maximum absolute atomic E-state index is 12.1. The summed E-state index contributed by atoms with van der Waals surface area (Å²) in [7, 11) is 0. The zero-order valence-corrected chi connectivity index (χ0v) is 14.4. The van der Waals surface area contributed by atoms with Crippen molar-refractivity contribution in [3.63, 3.8) is 0 Å². The number of aromatic nitrogens is 2. The molecule has 0 radical (unpaired) electrons. The quantitative estimate of drug-likeness (QED) is 0.761. The predicted molar refractivity (Wildman–Crippen MR) is 90.3 cm³/mol. The van der Waals surface area contributed by atoms with Gasteiger partial charge in [-0.05, 0) is 53.6 Å². The highest BCUT2D eigenvalue weighted by Gasteiger charge is 2.15. The summed E-state index contributed by atoms with van der Waals surface area (Å²) >= 11 is 3.65. The summed E-state index contributed by atoms with van der Waals surface area (Å²) in [5.74, 6) is 0.284. The third kappa shape index (κ3) is 3.76. The molecule has 0 aliphatic carbocycles. The highest BCUT2D eigenvalue weighted by molar-refractivity contribution is 14.1. The Morgan fingerprint density at radius 1 is 1.35 bits per heavy atom. The number of carbonyl (C=O) groups is 1. The summed E-state index contributed by atoms with van der Waals surface area (Å²) in [6.45, 7) is 4.28. The summed E-state index contributed by atoms with van der Waals surface area (Å²) in [4.78, 5) is 12.1. The van der Waals surface area contributed by atoms with Crippen molar-refractivity contribution in [2.45, 2.75) is 32.6 Å². The second-order valence-electron chi connectivity index (χ2n) is 4.42. The van der Waals surface area contributed by atoms with Crippen LogP contribution in [0.25, 0.3) is 0 Å². The normalized spacial score (nSPS) is 10.8. The highest BCUT2D eigenvalue weighted by Crippen LogP contribution is 2.28. The van der Waals surface area contributed by atoms with Crippen molar-refractivity contribution in [2.24, 2.45) is 0 Å². The highest BCUT2D eigenvalue weighted by atomic mass is 127. The van der Waals surface area contributed by atoms with Crippen LogP contribution < -0.4 is 5.32 Å². The molecular weight excluding hydrogens is 385 g/mol. The average Bonchev–Trinajstić information content (AvgIpc) is 2.88. The van der Waals surface area contributed by atoms with Crippen LogP contribution >= 0.6 is 33.9 Å². The topological polar surface area (TPSA) is 54.9 Å². The summed E-state index contributed by atoms with van der Waals surface area (Å²) in [6.07, 6.45) is 2.08. The van der Waals surface area contributed by atoms with E-state index in [1.165, 1.54) is 11.3 Å². The fourth-order valence-electron chi connectivity index (χ4n) is 1.89. The fraction of sp³-hybridized carbons (Fsp3) is 0.357. The van der Waals surface area contributed by atoms with Crippen LogP contribution in [0.4, 0.5) is 5.13 Å². The van der Waals surface area contributed by atoms with E-state index < -0.39 is 0 Å². The van der Waals surface area contributed by atoms with Crippen LogP contribution in [0.1, 0.15) is 48.0 Å². The van der Waals surface area contributed by atoms with Gasteiger partial charge in [0.25, 0.3) is 5.91 Å². The first-order valence-electron chi connectivity index (χ1n) is 6.54. The van der Waals surface area contributed by atoms with E-state index in [4.69, 9.17) is 0 Å². The van der Waals surface area contributed by atoms with Crippen molar-refractivity contribution >= 4 is 45.0 Å². The molecule has 0 saturated heterocycles. The molecule has 6 heteroatoms. The predicted octanol–water partition coefficient (Wildman–Crippen LogP) is 4.30. The third-order valence-electron chi connectivity index (χ3n) is 3.08. The van der Waals surface area contributed by atoms with Gasteiger partial charge in [0.15, 0.2) is 0 Å². The number of anilines is 1. The Labute approximate surface area is 136 Å². The lowest BCUT2D eigenvalue weighted by Crippen LogP contribution is -2.11. The van der Waals surface area contributed by atoms with Crippen LogP contribution in [0.3, 0.4) is 0 Å². The van der Waals surface area contributed by atoms with Crippen LogP contribution in [0.2, 0.25) is 0 Å². The van der Waals surface area contributed by atoms with Gasteiger partial charge in [-0.15, -0.1) is 10.2 Å². The number of carbonyl (C=O) groups excluding carboxylic acids is 1. The number of hydrogen-bond donors (Lipinski definition) is 1. The van der Waals surface area contributed by atoms with Gasteiger partial charge in [0.05, 0.1) is 0 Å². The minimum Gasteiger partial charge on any atom is -0.296 e. The minimum atomic E-state index is -0.143. The number of amides is 1. The molecule has 0 aliphatic heterocycles. The molecule has 106 valence electrons. The number of nitrogens with zero attached hydrogens (tertiary/aromatic N) is 2. The molecule has 0 saturated carbocycles. The fourth-order valence-corrected chi connectivity index (χ4v) is 3.44. The average molecular weight is 401 g/mol. The molecule has 0 spiro atoms. The molecule has 0 bridgehead atoms. The molecule has 20 heavy (non-hydrogen) atoms. The molecule has 1 heterocycles. The van der Waals surface area contributed by atoms with E-state index in [1.807, 2.05) is 18.2 Å². The maximum atomic E-state index is 12.1. The molecule has 0 fully saturated rings. The Kier molecular flexibility index (Phi) is 5.47. The Hall–Kier alpha value is -1.02. The molecule has 1 N–H and O–H groups in total. The van der Waals surface area contributed by atoms with Crippen molar-refractivity contribution in [3.05, 3.63) is 38.4 Å². The summed E-state index contributed by atoms with van der Waals surface area (Å²) in [5, 5.41) is 12.6. The molecule has 1 aromatic heterocycles. The summed E-state index contributed by atoms with van der Waals surface area (Å²) in [6, 6.07) is 7.46. The molecule has 4 nitrogen and oxygen atoms in total. The molecule has 1 amide bonds. The van der Waals surface area contributed by atoms with Gasteiger partial charge >= 0.3 is 0 Å². The lowest BCUT2D eigenvalue weighted by Gasteiger charge is -2.05. The van der Waals surface area contributed by atoms with Crippen LogP contribution in [0, 0.1) is 3.57 Å². The lowest BCUT2D eigenvalue weighted by molar-refractivity contribution is 0.102. The van der Waals surface area contributed by atoms with E-state index in [1.54, 1.807) is 6.07 Å². The van der Waals surface area contributed by atoms with Gasteiger partial charge in [-0.3, -0.25) is 10.1 Å². The third-order valence-corrected chi connectivity index (χ3v) is 4.75. The van der Waals surface area contributed by atoms with E-state index in [0.717, 1.165) is 21.4 Å². The first kappa shape index (κ1) is 15.4. The molecule has 2 rings (SSSR count). The van der Waals surface area contributed by atoms with Crippen LogP contribution in [0.5, 0.6) is 0 Å². The van der Waals surface area contributed by atoms with Crippen molar-refractivity contribution < 1.29 is 4.79 Å². The minimum absolute atomic E-state index is 0.143. The number of rotatable bonds is 5. The van der Waals surface area contributed by atoms with E-state index in [0.29, 0.717) is 16.6 Å². The van der Waals surface area contributed by atoms with Gasteiger partial charge < -0.3 is 0 Å². The standard InChI is InChI=1S/C14H16IN3OS/c1-3-9(4-2)13-17-18-14(20-13)16-12(19)10-6-5-7-11(15)8-10/h5-9H,3-4H2,1-2H3,(H,16,18,19). The SMILES string of the molecule is CCC(CC)c1nnc(NC(=O)c2cccc(I)c2)s1. The second-order valence-corrected chi connectivity index (χ2v) is 6.68. The van der Waals surface area contributed by atoms with Gasteiger partial charge in [0, 0.05) is 15.1 Å². The first-order chi connectivity index (χ1) is 9.63. The molecule has 0 atom stereocenters. The monoisotopic (exact) mass is 401 g/mol. The molecule has 0 unspecified atom stereocenters. The number of halogens is 1. The Morgan fingerprint density at radius 2 is 2.10 bits per heavy atom. The van der Waals surface area contributed by atoms with Crippen molar-refractivity contribution in [3.8, 4) is 0 Å². The van der Waals surface area contributed by atoms with Crippen molar-refractivity contribution in [1.29, 1.82) is 0 Å². The number of benzene rings is 1. The van der Waals surface area contributed by atoms with E-state index >= 15 is 0 Å². The zero-order valence-electron chi connectivity index (χ0n) is 11.4. The summed E-state index contributed by atoms with van der Waals surface area (Å²) in [5.41, 5.74) is 0.635. The van der Waals surface area contributed by atoms with Gasteiger partial charge in [-0.2, -0.15) is 0 Å². The van der Waals surface area contributed by atoms with Gasteiger partial charge in [0.1, 0.15) is 5.01 Å². The Bertz CT molecular complexity index is 596. The number of hydrogen-bond acceptors (Lipinski definition) is 4. The maximum Gasteiger partial charge on any atom is 0.257 e. The van der Waals surface area contributed by atoms with Gasteiger partial charge in [-0.25, -0.2) is 0 Å². The second kappa shape index (κ2) is 7.12. The van der Waals surface area contributed by atoms with Crippen LogP contribution in [-0.2, 0) is 0 Å². The van der Waals surface area contributed by atoms with Crippen molar-refractivity contribution in [1.82, 2.24) is 10.2 Å². The lowest BCUT2D eigenvalue weighted by atomic mass is 10.1. The molecule has 1 aromatic carbocycles. The smallest absolute Gasteiger partial charge is 0.257 e.